The first-order valence-electron chi connectivity index (χ1n) is 6.73. The third-order valence-corrected chi connectivity index (χ3v) is 3.87. The molecule has 1 aromatic rings. The molecule has 1 aromatic carbocycles. The van der Waals surface area contributed by atoms with Crippen molar-refractivity contribution in [1.29, 1.82) is 0 Å². The van der Waals surface area contributed by atoms with Crippen molar-refractivity contribution >= 4 is 11.8 Å². The zero-order valence-corrected chi connectivity index (χ0v) is 12.9. The van der Waals surface area contributed by atoms with Gasteiger partial charge in [0.25, 0.3) is 0 Å². The molecule has 3 N–H and O–H groups in total. The summed E-state index contributed by atoms with van der Waals surface area (Å²) in [6.07, 6.45) is 0.235. The smallest absolute Gasteiger partial charge is 0.243 e. The van der Waals surface area contributed by atoms with Gasteiger partial charge in [0.1, 0.15) is 5.54 Å². The van der Waals surface area contributed by atoms with E-state index in [1.807, 2.05) is 52.0 Å². The molecule has 0 bridgehead atoms. The van der Waals surface area contributed by atoms with Crippen LogP contribution in [0, 0.1) is 12.3 Å². The summed E-state index contributed by atoms with van der Waals surface area (Å²) in [5.41, 5.74) is 5.99. The van der Waals surface area contributed by atoms with Crippen LogP contribution in [0.2, 0.25) is 0 Å². The average Bonchev–Trinajstić information content (AvgIpc) is 2.30. The molecule has 0 saturated heterocycles. The molecule has 0 spiro atoms. The molecule has 2 amide bonds. The van der Waals surface area contributed by atoms with Gasteiger partial charge in [-0.25, -0.2) is 0 Å². The quantitative estimate of drug-likeness (QED) is 0.882. The lowest BCUT2D eigenvalue weighted by atomic mass is 9.74. The van der Waals surface area contributed by atoms with Gasteiger partial charge in [-0.15, -0.1) is 0 Å². The van der Waals surface area contributed by atoms with Gasteiger partial charge in [0.15, 0.2) is 0 Å². The van der Waals surface area contributed by atoms with E-state index < -0.39 is 16.9 Å². The molecule has 0 aliphatic rings. The van der Waals surface area contributed by atoms with Gasteiger partial charge in [0.2, 0.25) is 11.8 Å². The highest BCUT2D eigenvalue weighted by Crippen LogP contribution is 2.29. The molecule has 20 heavy (non-hydrogen) atoms. The second kappa shape index (κ2) is 5.65. The Labute approximate surface area is 120 Å². The van der Waals surface area contributed by atoms with E-state index in [-0.39, 0.29) is 12.3 Å². The number of rotatable bonds is 4. The fraction of sp³-hybridized carbons (Fsp3) is 0.500. The molecule has 0 aliphatic heterocycles. The summed E-state index contributed by atoms with van der Waals surface area (Å²) < 4.78 is 0. The number of hydrogen-bond donors (Lipinski definition) is 2. The second-order valence-electron chi connectivity index (χ2n) is 6.45. The summed E-state index contributed by atoms with van der Waals surface area (Å²) in [7, 11) is 0. The molecule has 0 saturated carbocycles. The second-order valence-corrected chi connectivity index (χ2v) is 6.45. The van der Waals surface area contributed by atoms with E-state index in [0.29, 0.717) is 0 Å². The van der Waals surface area contributed by atoms with Gasteiger partial charge in [-0.1, -0.05) is 50.6 Å². The van der Waals surface area contributed by atoms with Crippen molar-refractivity contribution in [3.05, 3.63) is 35.4 Å². The van der Waals surface area contributed by atoms with Crippen LogP contribution in [-0.2, 0) is 16.0 Å². The number of primary amides is 1. The summed E-state index contributed by atoms with van der Waals surface area (Å²) in [5.74, 6) is -0.729. The van der Waals surface area contributed by atoms with Crippen LogP contribution in [0.25, 0.3) is 0 Å². The predicted octanol–water partition coefficient (Wildman–Crippen LogP) is 1.94. The number of benzene rings is 1. The molecule has 1 rings (SSSR count). The zero-order chi connectivity index (χ0) is 15.6. The third kappa shape index (κ3) is 3.59. The summed E-state index contributed by atoms with van der Waals surface area (Å²) in [5, 5.41) is 2.78. The van der Waals surface area contributed by atoms with E-state index in [1.54, 1.807) is 6.92 Å². The molecule has 0 aliphatic carbocycles. The van der Waals surface area contributed by atoms with E-state index in [2.05, 4.69) is 5.32 Å². The molecule has 4 nitrogen and oxygen atoms in total. The van der Waals surface area contributed by atoms with E-state index in [4.69, 9.17) is 5.73 Å². The van der Waals surface area contributed by atoms with Crippen LogP contribution in [0.3, 0.4) is 0 Å². The topological polar surface area (TPSA) is 72.2 Å². The van der Waals surface area contributed by atoms with Crippen molar-refractivity contribution in [2.24, 2.45) is 11.1 Å². The maximum atomic E-state index is 12.1. The minimum absolute atomic E-state index is 0.204. The molecule has 0 aromatic heterocycles. The zero-order valence-electron chi connectivity index (χ0n) is 12.9. The Kier molecular flexibility index (Phi) is 4.58. The number of aryl methyl sites for hydroxylation is 1. The first kappa shape index (κ1) is 16.2. The molecular weight excluding hydrogens is 252 g/mol. The van der Waals surface area contributed by atoms with Gasteiger partial charge in [-0.05, 0) is 24.8 Å². The van der Waals surface area contributed by atoms with E-state index in [1.165, 1.54) is 0 Å². The number of amides is 2. The summed E-state index contributed by atoms with van der Waals surface area (Å²) in [4.78, 5) is 23.9. The van der Waals surface area contributed by atoms with E-state index in [9.17, 15) is 9.59 Å². The first-order valence-corrected chi connectivity index (χ1v) is 6.73. The van der Waals surface area contributed by atoms with Crippen LogP contribution < -0.4 is 11.1 Å². The number of nitrogens with one attached hydrogen (secondary N) is 1. The number of carbonyl (C=O) groups excluding carboxylic acids is 2. The Bertz CT molecular complexity index is 500. The van der Waals surface area contributed by atoms with E-state index in [0.717, 1.165) is 11.1 Å². The number of carbonyl (C=O) groups is 2. The van der Waals surface area contributed by atoms with Gasteiger partial charge in [0, 0.05) is 0 Å². The highest BCUT2D eigenvalue weighted by molar-refractivity contribution is 5.91. The monoisotopic (exact) mass is 276 g/mol. The summed E-state index contributed by atoms with van der Waals surface area (Å²) >= 11 is 0. The molecule has 1 unspecified atom stereocenters. The molecule has 110 valence electrons. The van der Waals surface area contributed by atoms with Crippen molar-refractivity contribution in [3.8, 4) is 0 Å². The van der Waals surface area contributed by atoms with Crippen molar-refractivity contribution < 1.29 is 9.59 Å². The fourth-order valence-electron chi connectivity index (χ4n) is 1.83. The largest absolute Gasteiger partial charge is 0.368 e. The van der Waals surface area contributed by atoms with Crippen LogP contribution in [0.15, 0.2) is 24.3 Å². The van der Waals surface area contributed by atoms with Gasteiger partial charge in [-0.3, -0.25) is 9.59 Å². The Morgan fingerprint density at radius 1 is 1.10 bits per heavy atom. The Morgan fingerprint density at radius 3 is 2.00 bits per heavy atom. The number of nitrogens with two attached hydrogens (primary N) is 1. The van der Waals surface area contributed by atoms with Crippen molar-refractivity contribution in [2.45, 2.75) is 46.6 Å². The van der Waals surface area contributed by atoms with Crippen molar-refractivity contribution in [1.82, 2.24) is 5.32 Å². The summed E-state index contributed by atoms with van der Waals surface area (Å²) in [6, 6.07) is 7.74. The highest BCUT2D eigenvalue weighted by Gasteiger charge is 2.44. The fourth-order valence-corrected chi connectivity index (χ4v) is 1.83. The summed E-state index contributed by atoms with van der Waals surface area (Å²) in [6.45, 7) is 9.30. The lowest BCUT2D eigenvalue weighted by Crippen LogP contribution is -2.63. The molecule has 0 fully saturated rings. The Morgan fingerprint density at radius 2 is 1.60 bits per heavy atom. The maximum Gasteiger partial charge on any atom is 0.243 e. The standard InChI is InChI=1S/C16H24N2O2/c1-11-6-8-12(9-7-11)10-13(19)18-16(5,14(17)20)15(2,3)4/h6-9H,10H2,1-5H3,(H2,17,20)(H,18,19). The van der Waals surface area contributed by atoms with Crippen molar-refractivity contribution in [3.63, 3.8) is 0 Å². The molecular formula is C16H24N2O2. The molecule has 0 radical (unpaired) electrons. The van der Waals surface area contributed by atoms with Gasteiger partial charge in [0.05, 0.1) is 6.42 Å². The third-order valence-electron chi connectivity index (χ3n) is 3.87. The van der Waals surface area contributed by atoms with Gasteiger partial charge >= 0.3 is 0 Å². The normalized spacial score (nSPS) is 14.4. The Balaban J connectivity index is 2.83. The van der Waals surface area contributed by atoms with Crippen LogP contribution in [-0.4, -0.2) is 17.4 Å². The van der Waals surface area contributed by atoms with Crippen LogP contribution in [0.5, 0.6) is 0 Å². The maximum absolute atomic E-state index is 12.1. The van der Waals surface area contributed by atoms with Crippen LogP contribution in [0.1, 0.15) is 38.8 Å². The SMILES string of the molecule is Cc1ccc(CC(=O)NC(C)(C(N)=O)C(C)(C)C)cc1. The lowest BCUT2D eigenvalue weighted by molar-refractivity contribution is -0.134. The predicted molar refractivity (Wildman–Crippen MR) is 80.1 cm³/mol. The average molecular weight is 276 g/mol. The van der Waals surface area contributed by atoms with Crippen LogP contribution >= 0.6 is 0 Å². The van der Waals surface area contributed by atoms with Crippen LogP contribution in [0.4, 0.5) is 0 Å². The molecule has 4 heteroatoms. The molecule has 1 atom stereocenters. The van der Waals surface area contributed by atoms with Gasteiger partial charge in [-0.2, -0.15) is 0 Å². The highest BCUT2D eigenvalue weighted by atomic mass is 16.2. The molecule has 0 heterocycles. The number of hydrogen-bond acceptors (Lipinski definition) is 2. The van der Waals surface area contributed by atoms with E-state index >= 15 is 0 Å². The minimum Gasteiger partial charge on any atom is -0.368 e. The van der Waals surface area contributed by atoms with Crippen molar-refractivity contribution in [2.75, 3.05) is 0 Å². The Hall–Kier alpha value is -1.84. The van der Waals surface area contributed by atoms with Gasteiger partial charge < -0.3 is 11.1 Å². The first-order chi connectivity index (χ1) is 9.06. The lowest BCUT2D eigenvalue weighted by Gasteiger charge is -2.39. The minimum atomic E-state index is -1.07.